The number of rotatable bonds is 2. The van der Waals surface area contributed by atoms with Crippen molar-refractivity contribution >= 4 is 22.9 Å². The van der Waals surface area contributed by atoms with Crippen molar-refractivity contribution in [2.24, 2.45) is 0 Å². The maximum Gasteiger partial charge on any atom is 0.311 e. The molecule has 0 fully saturated rings. The number of nitro benzene ring substituents is 2. The van der Waals surface area contributed by atoms with Crippen molar-refractivity contribution < 1.29 is 29.6 Å². The third kappa shape index (κ3) is 1.97. The van der Waals surface area contributed by atoms with Gasteiger partial charge in [-0.05, 0) is 12.1 Å². The van der Waals surface area contributed by atoms with E-state index in [1.165, 1.54) is 0 Å². The molecule has 10 nitrogen and oxygen atoms in total. The molecule has 1 aliphatic carbocycles. The Morgan fingerprint density at radius 2 is 0.958 bits per heavy atom. The SMILES string of the molecule is O=C1c2cc(O)c([N+](=O)[O-])cc2C(=O)c2cc(O)c([N+](=O)[O-])cc21. The topological polar surface area (TPSA) is 161 Å². The molecule has 10 heteroatoms. The molecule has 0 aliphatic heterocycles. The van der Waals surface area contributed by atoms with Crippen LogP contribution in [0.3, 0.4) is 0 Å². The predicted octanol–water partition coefficient (Wildman–Crippen LogP) is 1.69. The fraction of sp³-hybridized carbons (Fsp3) is 0. The minimum Gasteiger partial charge on any atom is -0.502 e. The summed E-state index contributed by atoms with van der Waals surface area (Å²) in [5.41, 5.74) is -2.80. The van der Waals surface area contributed by atoms with Crippen molar-refractivity contribution in [1.82, 2.24) is 0 Å². The predicted molar refractivity (Wildman–Crippen MR) is 76.4 cm³/mol. The molecule has 3 rings (SSSR count). The second-order valence-corrected chi connectivity index (χ2v) is 4.95. The lowest BCUT2D eigenvalue weighted by Crippen LogP contribution is -2.21. The summed E-state index contributed by atoms with van der Waals surface area (Å²) in [5, 5.41) is 40.9. The van der Waals surface area contributed by atoms with E-state index < -0.39 is 44.3 Å². The molecule has 120 valence electrons. The first kappa shape index (κ1) is 15.1. The number of carbonyl (C=O) groups excluding carboxylic acids is 2. The molecular formula is C14H6N2O8. The van der Waals surface area contributed by atoms with Gasteiger partial charge in [-0.2, -0.15) is 0 Å². The zero-order chi connectivity index (χ0) is 17.8. The molecule has 2 aromatic carbocycles. The molecule has 0 unspecified atom stereocenters. The third-order valence-electron chi connectivity index (χ3n) is 3.60. The molecular weight excluding hydrogens is 324 g/mol. The number of benzene rings is 2. The van der Waals surface area contributed by atoms with Crippen LogP contribution in [0.2, 0.25) is 0 Å². The standard InChI is InChI=1S/C14H6N2O8/c17-11-3-7-5(1-9(11)15(21)22)13(19)8-4-12(18)10(16(23)24)2-6(8)14(7)20/h1-4,17-18H. The number of phenolic OH excluding ortho intramolecular Hbond substituents is 2. The van der Waals surface area contributed by atoms with E-state index in [-0.39, 0.29) is 22.3 Å². The van der Waals surface area contributed by atoms with Crippen LogP contribution in [0.4, 0.5) is 11.4 Å². The van der Waals surface area contributed by atoms with Gasteiger partial charge in [0.25, 0.3) is 0 Å². The minimum absolute atomic E-state index is 0.310. The van der Waals surface area contributed by atoms with E-state index in [0.29, 0.717) is 0 Å². The van der Waals surface area contributed by atoms with E-state index in [1.807, 2.05) is 0 Å². The summed E-state index contributed by atoms with van der Waals surface area (Å²) in [7, 11) is 0. The lowest BCUT2D eigenvalue weighted by Gasteiger charge is -2.17. The average molecular weight is 330 g/mol. The van der Waals surface area contributed by atoms with Crippen LogP contribution in [-0.2, 0) is 0 Å². The van der Waals surface area contributed by atoms with Gasteiger partial charge in [0.2, 0.25) is 0 Å². The van der Waals surface area contributed by atoms with Crippen molar-refractivity contribution in [3.05, 3.63) is 66.7 Å². The molecule has 1 aliphatic rings. The number of phenols is 2. The fourth-order valence-electron chi connectivity index (χ4n) is 2.49. The van der Waals surface area contributed by atoms with Crippen LogP contribution in [0.5, 0.6) is 11.5 Å². The van der Waals surface area contributed by atoms with E-state index in [4.69, 9.17) is 0 Å². The Kier molecular flexibility index (Phi) is 3.04. The highest BCUT2D eigenvalue weighted by Gasteiger charge is 2.35. The number of aromatic hydroxyl groups is 2. The van der Waals surface area contributed by atoms with Gasteiger partial charge in [0.05, 0.1) is 9.85 Å². The minimum atomic E-state index is -0.920. The van der Waals surface area contributed by atoms with Crippen LogP contribution in [0.25, 0.3) is 0 Å². The van der Waals surface area contributed by atoms with Crippen LogP contribution in [0, 0.1) is 20.2 Å². The second-order valence-electron chi connectivity index (χ2n) is 4.95. The molecule has 0 saturated heterocycles. The van der Waals surface area contributed by atoms with Gasteiger partial charge in [0.1, 0.15) is 0 Å². The molecule has 2 N–H and O–H groups in total. The van der Waals surface area contributed by atoms with Crippen LogP contribution in [-0.4, -0.2) is 31.6 Å². The van der Waals surface area contributed by atoms with Gasteiger partial charge in [0, 0.05) is 34.4 Å². The number of nitrogens with zero attached hydrogens (tertiary/aromatic N) is 2. The summed E-state index contributed by atoms with van der Waals surface area (Å²) in [5.74, 6) is -3.27. The number of nitro groups is 2. The monoisotopic (exact) mass is 330 g/mol. The molecule has 0 bridgehead atoms. The molecule has 0 saturated carbocycles. The Labute approximate surface area is 131 Å². The first-order valence-corrected chi connectivity index (χ1v) is 6.34. The number of hydrogen-bond acceptors (Lipinski definition) is 8. The molecule has 0 aromatic heterocycles. The van der Waals surface area contributed by atoms with Crippen molar-refractivity contribution in [3.8, 4) is 11.5 Å². The van der Waals surface area contributed by atoms with Gasteiger partial charge in [0.15, 0.2) is 23.1 Å². The lowest BCUT2D eigenvalue weighted by atomic mass is 9.83. The van der Waals surface area contributed by atoms with E-state index in [9.17, 15) is 40.0 Å². The molecule has 0 atom stereocenters. The Hall–Kier alpha value is -3.82. The third-order valence-corrected chi connectivity index (χ3v) is 3.60. The summed E-state index contributed by atoms with van der Waals surface area (Å²) < 4.78 is 0. The molecule has 0 amide bonds. The highest BCUT2D eigenvalue weighted by Crippen LogP contribution is 2.38. The highest BCUT2D eigenvalue weighted by molar-refractivity contribution is 6.29. The normalized spacial score (nSPS) is 12.5. The van der Waals surface area contributed by atoms with Crippen LogP contribution >= 0.6 is 0 Å². The van der Waals surface area contributed by atoms with E-state index in [0.717, 1.165) is 24.3 Å². The van der Waals surface area contributed by atoms with E-state index >= 15 is 0 Å². The maximum absolute atomic E-state index is 12.4. The van der Waals surface area contributed by atoms with Crippen molar-refractivity contribution in [2.75, 3.05) is 0 Å². The Bertz CT molecular complexity index is 900. The van der Waals surface area contributed by atoms with Gasteiger partial charge in [-0.15, -0.1) is 0 Å². The van der Waals surface area contributed by atoms with Crippen molar-refractivity contribution in [2.45, 2.75) is 0 Å². The summed E-state index contributed by atoms with van der Waals surface area (Å²) in [4.78, 5) is 44.7. The van der Waals surface area contributed by atoms with E-state index in [1.54, 1.807) is 0 Å². The van der Waals surface area contributed by atoms with Crippen molar-refractivity contribution in [1.29, 1.82) is 0 Å². The molecule has 0 heterocycles. The summed E-state index contributed by atoms with van der Waals surface area (Å²) in [6, 6.07) is 3.06. The number of fused-ring (bicyclic) bond motifs is 2. The Balaban J connectivity index is 2.30. The van der Waals surface area contributed by atoms with Crippen molar-refractivity contribution in [3.63, 3.8) is 0 Å². The quantitative estimate of drug-likeness (QED) is 0.530. The zero-order valence-corrected chi connectivity index (χ0v) is 11.5. The summed E-state index contributed by atoms with van der Waals surface area (Å²) >= 11 is 0. The van der Waals surface area contributed by atoms with Crippen LogP contribution < -0.4 is 0 Å². The maximum atomic E-state index is 12.4. The number of ketones is 2. The Morgan fingerprint density at radius 3 is 1.25 bits per heavy atom. The smallest absolute Gasteiger partial charge is 0.311 e. The number of hydrogen-bond donors (Lipinski definition) is 2. The lowest BCUT2D eigenvalue weighted by molar-refractivity contribution is -0.386. The first-order chi connectivity index (χ1) is 11.2. The molecule has 0 radical (unpaired) electrons. The zero-order valence-electron chi connectivity index (χ0n) is 11.5. The van der Waals surface area contributed by atoms with Gasteiger partial charge in [-0.1, -0.05) is 0 Å². The second kappa shape index (κ2) is 4.84. The highest BCUT2D eigenvalue weighted by atomic mass is 16.6. The molecule has 2 aromatic rings. The van der Waals surface area contributed by atoms with Gasteiger partial charge < -0.3 is 10.2 Å². The van der Waals surface area contributed by atoms with Crippen LogP contribution in [0.15, 0.2) is 24.3 Å². The molecule has 24 heavy (non-hydrogen) atoms. The van der Waals surface area contributed by atoms with E-state index in [2.05, 4.69) is 0 Å². The summed E-state index contributed by atoms with van der Waals surface area (Å²) in [6.07, 6.45) is 0. The largest absolute Gasteiger partial charge is 0.502 e. The van der Waals surface area contributed by atoms with Gasteiger partial charge >= 0.3 is 11.4 Å². The number of carbonyl (C=O) groups is 2. The van der Waals surface area contributed by atoms with Gasteiger partial charge in [-0.25, -0.2) is 0 Å². The van der Waals surface area contributed by atoms with Gasteiger partial charge in [-0.3, -0.25) is 29.8 Å². The Morgan fingerprint density at radius 1 is 0.667 bits per heavy atom. The first-order valence-electron chi connectivity index (χ1n) is 6.34. The fourth-order valence-corrected chi connectivity index (χ4v) is 2.49. The van der Waals surface area contributed by atoms with Crippen LogP contribution in [0.1, 0.15) is 31.8 Å². The average Bonchev–Trinajstić information content (AvgIpc) is 2.51. The molecule has 0 spiro atoms. The summed E-state index contributed by atoms with van der Waals surface area (Å²) in [6.45, 7) is 0.